The van der Waals surface area contributed by atoms with Crippen molar-refractivity contribution in [1.82, 2.24) is 0 Å². The highest BCUT2D eigenvalue weighted by atomic mass is 35.5. The van der Waals surface area contributed by atoms with Gasteiger partial charge >= 0.3 is 5.97 Å². The number of carbonyl (C=O) groups excluding carboxylic acids is 1. The van der Waals surface area contributed by atoms with Gasteiger partial charge in [-0.25, -0.2) is 0 Å². The van der Waals surface area contributed by atoms with Crippen molar-refractivity contribution in [1.29, 1.82) is 0 Å². The number of ether oxygens (including phenoxy) is 2. The smallest absolute Gasteiger partial charge is 0.321 e. The number of aliphatic carboxylic acids is 1. The van der Waals surface area contributed by atoms with Crippen molar-refractivity contribution in [3.63, 3.8) is 0 Å². The number of fused-ring (bicyclic) bond motifs is 1. The predicted molar refractivity (Wildman–Crippen MR) is 113 cm³/mol. The lowest BCUT2D eigenvalue weighted by atomic mass is 9.86. The van der Waals surface area contributed by atoms with Gasteiger partial charge < -0.3 is 19.7 Å². The SMILES string of the molecule is Cc1c(C)c2c(c(C)c1O)C(=O)CC(C)(COc1ccc(CC(Cl)C(=O)O)cc1)O2. The van der Waals surface area contributed by atoms with E-state index in [4.69, 9.17) is 26.2 Å². The van der Waals surface area contributed by atoms with Gasteiger partial charge in [-0.15, -0.1) is 11.6 Å². The van der Waals surface area contributed by atoms with Crippen LogP contribution >= 0.6 is 11.6 Å². The fourth-order valence-corrected chi connectivity index (χ4v) is 3.79. The molecule has 0 radical (unpaired) electrons. The average Bonchev–Trinajstić information content (AvgIpc) is 2.69. The number of alkyl halides is 1. The monoisotopic (exact) mass is 432 g/mol. The predicted octanol–water partition coefficient (Wildman–Crippen LogP) is 4.35. The third-order valence-corrected chi connectivity index (χ3v) is 5.87. The molecule has 0 fully saturated rings. The van der Waals surface area contributed by atoms with Crippen LogP contribution in [-0.2, 0) is 11.2 Å². The molecule has 2 N–H and O–H groups in total. The third-order valence-electron chi connectivity index (χ3n) is 5.53. The molecule has 2 atom stereocenters. The molecule has 2 unspecified atom stereocenters. The summed E-state index contributed by atoms with van der Waals surface area (Å²) in [5.74, 6) is 0.0689. The molecule has 2 aromatic carbocycles. The highest BCUT2D eigenvalue weighted by Crippen LogP contribution is 2.43. The molecule has 0 bridgehead atoms. The zero-order valence-corrected chi connectivity index (χ0v) is 18.2. The number of phenolic OH excluding ortho intramolecular Hbond substituents is 1. The number of phenols is 1. The Bertz CT molecular complexity index is 998. The number of halogens is 1. The number of hydrogen-bond donors (Lipinski definition) is 2. The molecule has 0 spiro atoms. The molecule has 1 aliphatic heterocycles. The minimum atomic E-state index is -1.06. The summed E-state index contributed by atoms with van der Waals surface area (Å²) in [7, 11) is 0. The van der Waals surface area contributed by atoms with Crippen molar-refractivity contribution in [2.75, 3.05) is 6.61 Å². The van der Waals surface area contributed by atoms with E-state index in [-0.39, 0.29) is 31.0 Å². The summed E-state index contributed by atoms with van der Waals surface area (Å²) in [5, 5.41) is 18.2. The van der Waals surface area contributed by atoms with Gasteiger partial charge in [-0.3, -0.25) is 9.59 Å². The van der Waals surface area contributed by atoms with Crippen LogP contribution in [0.15, 0.2) is 24.3 Å². The number of benzene rings is 2. The van der Waals surface area contributed by atoms with Crippen molar-refractivity contribution >= 4 is 23.4 Å². The summed E-state index contributed by atoms with van der Waals surface area (Å²) < 4.78 is 12.1. The maximum Gasteiger partial charge on any atom is 0.321 e. The maximum atomic E-state index is 12.8. The minimum absolute atomic E-state index is 0.0876. The van der Waals surface area contributed by atoms with Crippen LogP contribution in [0.1, 0.15) is 46.0 Å². The second-order valence-corrected chi connectivity index (χ2v) is 8.55. The van der Waals surface area contributed by atoms with Crippen molar-refractivity contribution in [3.05, 3.63) is 52.1 Å². The Labute approximate surface area is 180 Å². The van der Waals surface area contributed by atoms with E-state index in [2.05, 4.69) is 0 Å². The molecular formula is C23H25ClO6. The second kappa shape index (κ2) is 8.19. The first-order chi connectivity index (χ1) is 14.0. The minimum Gasteiger partial charge on any atom is -0.507 e. The summed E-state index contributed by atoms with van der Waals surface area (Å²) in [6, 6.07) is 7.00. The molecule has 7 heteroatoms. The summed E-state index contributed by atoms with van der Waals surface area (Å²) in [5.41, 5.74) is 2.34. The van der Waals surface area contributed by atoms with E-state index in [0.29, 0.717) is 28.2 Å². The highest BCUT2D eigenvalue weighted by molar-refractivity contribution is 6.29. The first-order valence-corrected chi connectivity index (χ1v) is 10.1. The average molecular weight is 433 g/mol. The topological polar surface area (TPSA) is 93.1 Å². The van der Waals surface area contributed by atoms with E-state index in [1.54, 1.807) is 38.1 Å². The molecule has 160 valence electrons. The Balaban J connectivity index is 1.74. The Hall–Kier alpha value is -2.73. The number of hydrogen-bond acceptors (Lipinski definition) is 5. The third kappa shape index (κ3) is 4.24. The van der Waals surface area contributed by atoms with Crippen LogP contribution in [0.25, 0.3) is 0 Å². The molecule has 0 aliphatic carbocycles. The van der Waals surface area contributed by atoms with Gasteiger partial charge in [0, 0.05) is 5.56 Å². The normalized spacial score (nSPS) is 19.0. The summed E-state index contributed by atoms with van der Waals surface area (Å²) in [6.07, 6.45) is 0.349. The van der Waals surface area contributed by atoms with E-state index in [1.807, 2.05) is 13.8 Å². The molecule has 1 aliphatic rings. The molecule has 3 rings (SSSR count). The lowest BCUT2D eigenvalue weighted by Crippen LogP contribution is -2.44. The van der Waals surface area contributed by atoms with E-state index in [0.717, 1.165) is 11.1 Å². The van der Waals surface area contributed by atoms with Crippen LogP contribution in [0.4, 0.5) is 0 Å². The van der Waals surface area contributed by atoms with Crippen LogP contribution < -0.4 is 9.47 Å². The van der Waals surface area contributed by atoms with Gasteiger partial charge in [0.25, 0.3) is 0 Å². The van der Waals surface area contributed by atoms with Crippen molar-refractivity contribution < 1.29 is 29.3 Å². The molecule has 1 heterocycles. The van der Waals surface area contributed by atoms with Gasteiger partial charge in [0.2, 0.25) is 0 Å². The van der Waals surface area contributed by atoms with Crippen molar-refractivity contribution in [2.45, 2.75) is 51.5 Å². The zero-order chi connectivity index (χ0) is 22.2. The Morgan fingerprint density at radius 2 is 1.83 bits per heavy atom. The van der Waals surface area contributed by atoms with Crippen LogP contribution in [0, 0.1) is 20.8 Å². The molecule has 0 saturated heterocycles. The van der Waals surface area contributed by atoms with Gasteiger partial charge in [0.1, 0.15) is 34.8 Å². The lowest BCUT2D eigenvalue weighted by molar-refractivity contribution is -0.136. The molecule has 30 heavy (non-hydrogen) atoms. The van der Waals surface area contributed by atoms with Gasteiger partial charge in [0.05, 0.1) is 12.0 Å². The van der Waals surface area contributed by atoms with E-state index in [1.165, 1.54) is 0 Å². The molecule has 0 amide bonds. The van der Waals surface area contributed by atoms with E-state index in [9.17, 15) is 14.7 Å². The molecular weight excluding hydrogens is 408 g/mol. The molecule has 6 nitrogen and oxygen atoms in total. The van der Waals surface area contributed by atoms with Gasteiger partial charge in [-0.1, -0.05) is 12.1 Å². The summed E-state index contributed by atoms with van der Waals surface area (Å²) >= 11 is 5.78. The van der Waals surface area contributed by atoms with E-state index >= 15 is 0 Å². The number of carboxylic acid groups (broad SMARTS) is 1. The molecule has 2 aromatic rings. The summed E-state index contributed by atoms with van der Waals surface area (Å²) in [6.45, 7) is 7.32. The van der Waals surface area contributed by atoms with Gasteiger partial charge in [0.15, 0.2) is 5.78 Å². The Kier molecular flexibility index (Phi) is 5.99. The van der Waals surface area contributed by atoms with Crippen molar-refractivity contribution in [3.8, 4) is 17.2 Å². The number of carbonyl (C=O) groups is 2. The number of carboxylic acids is 1. The Morgan fingerprint density at radius 1 is 1.20 bits per heavy atom. The van der Waals surface area contributed by atoms with Crippen LogP contribution in [0.2, 0.25) is 0 Å². The van der Waals surface area contributed by atoms with Gasteiger partial charge in [-0.2, -0.15) is 0 Å². The number of Topliss-reactive ketones (excluding diaryl/α,β-unsaturated/α-hetero) is 1. The second-order valence-electron chi connectivity index (χ2n) is 8.02. The summed E-state index contributed by atoms with van der Waals surface area (Å²) in [4.78, 5) is 23.7. The van der Waals surface area contributed by atoms with Crippen molar-refractivity contribution in [2.24, 2.45) is 0 Å². The molecule has 0 saturated carbocycles. The highest BCUT2D eigenvalue weighted by Gasteiger charge is 2.40. The number of aromatic hydroxyl groups is 1. The fraction of sp³-hybridized carbons (Fsp3) is 0.391. The Morgan fingerprint density at radius 3 is 2.43 bits per heavy atom. The van der Waals surface area contributed by atoms with Crippen LogP contribution in [-0.4, -0.2) is 39.6 Å². The lowest BCUT2D eigenvalue weighted by Gasteiger charge is -2.36. The van der Waals surface area contributed by atoms with E-state index < -0.39 is 16.9 Å². The number of ketones is 1. The van der Waals surface area contributed by atoms with Crippen LogP contribution in [0.3, 0.4) is 0 Å². The van der Waals surface area contributed by atoms with Crippen LogP contribution in [0.5, 0.6) is 17.2 Å². The zero-order valence-electron chi connectivity index (χ0n) is 17.4. The fourth-order valence-electron chi connectivity index (χ4n) is 3.61. The maximum absolute atomic E-state index is 12.8. The first kappa shape index (κ1) is 22.0. The molecule has 0 aromatic heterocycles. The number of rotatable bonds is 6. The van der Waals surface area contributed by atoms with Gasteiger partial charge in [-0.05, 0) is 62.9 Å². The first-order valence-electron chi connectivity index (χ1n) is 9.66. The standard InChI is InChI=1S/C23H25ClO6/c1-12-13(2)21-19(14(3)20(12)26)18(25)10-23(4,30-21)11-29-16-7-5-15(6-8-16)9-17(24)22(27)28/h5-8,17,26H,9-11H2,1-4H3,(H,27,28). The quantitative estimate of drug-likeness (QED) is 0.659. The largest absolute Gasteiger partial charge is 0.507 e.